The molecular weight excluding hydrogens is 338 g/mol. The number of nitrogens with zero attached hydrogens (tertiary/aromatic N) is 2. The first-order valence-electron chi connectivity index (χ1n) is 4.95. The third-order valence-electron chi connectivity index (χ3n) is 2.15. The molecule has 0 spiro atoms. The van der Waals surface area contributed by atoms with Crippen molar-refractivity contribution >= 4 is 46.1 Å². The second-order valence-electron chi connectivity index (χ2n) is 3.47. The second-order valence-corrected chi connectivity index (χ2v) is 5.44. The molecule has 1 N–H and O–H groups in total. The van der Waals surface area contributed by atoms with E-state index in [0.717, 1.165) is 23.5 Å². The number of nitrogens with one attached hydrogen (secondary N) is 1. The molecule has 0 atom stereocenters. The van der Waals surface area contributed by atoms with E-state index in [1.54, 1.807) is 0 Å². The number of halogens is 5. The number of para-hydroxylation sites is 1. The van der Waals surface area contributed by atoms with Crippen molar-refractivity contribution in [3.05, 3.63) is 38.3 Å². The van der Waals surface area contributed by atoms with Crippen molar-refractivity contribution in [3.8, 4) is 0 Å². The molecule has 0 saturated carbocycles. The molecule has 0 aliphatic carbocycles. The van der Waals surface area contributed by atoms with Crippen LogP contribution in [0.3, 0.4) is 0 Å². The fourth-order valence-electron chi connectivity index (χ4n) is 1.35. The number of carbonyl (C=O) groups is 1. The number of rotatable bonds is 2. The highest BCUT2D eigenvalue weighted by atomic mass is 35.5. The van der Waals surface area contributed by atoms with Crippen LogP contribution in [0.4, 0.5) is 18.9 Å². The van der Waals surface area contributed by atoms with Crippen LogP contribution in [0.2, 0.25) is 9.49 Å². The molecule has 2 rings (SSSR count). The van der Waals surface area contributed by atoms with Crippen molar-refractivity contribution in [3.63, 3.8) is 0 Å². The monoisotopic (exact) mass is 341 g/mol. The molecule has 4 nitrogen and oxygen atoms in total. The minimum absolute atomic E-state index is 0.00496. The summed E-state index contributed by atoms with van der Waals surface area (Å²) in [4.78, 5) is 11.8. The standard InChI is InChI=1S/C10H4Cl2F3N3OS/c11-5-3-1-2-4(10(13,14)15)6(5)16-7(19)8-17-18-9(12)20-8/h1-3H,(H,16,19). The van der Waals surface area contributed by atoms with Gasteiger partial charge in [-0.1, -0.05) is 29.0 Å². The molecule has 0 radical (unpaired) electrons. The highest BCUT2D eigenvalue weighted by Gasteiger charge is 2.35. The summed E-state index contributed by atoms with van der Waals surface area (Å²) in [6.07, 6.45) is -4.65. The van der Waals surface area contributed by atoms with Gasteiger partial charge in [-0.05, 0) is 23.7 Å². The quantitative estimate of drug-likeness (QED) is 0.893. The van der Waals surface area contributed by atoms with Crippen LogP contribution >= 0.6 is 34.5 Å². The third kappa shape index (κ3) is 3.20. The van der Waals surface area contributed by atoms with Gasteiger partial charge in [0.1, 0.15) is 0 Å². The Bertz CT molecular complexity index is 659. The Balaban J connectivity index is 2.36. The number of anilines is 1. The first-order chi connectivity index (χ1) is 9.29. The molecule has 0 aliphatic heterocycles. The van der Waals surface area contributed by atoms with E-state index >= 15 is 0 Å². The Labute approximate surface area is 124 Å². The van der Waals surface area contributed by atoms with Gasteiger partial charge in [-0.3, -0.25) is 4.79 Å². The molecule has 1 heterocycles. The predicted molar refractivity (Wildman–Crippen MR) is 69.3 cm³/mol. The lowest BCUT2D eigenvalue weighted by molar-refractivity contribution is -0.136. The van der Waals surface area contributed by atoms with Gasteiger partial charge >= 0.3 is 6.18 Å². The van der Waals surface area contributed by atoms with Crippen molar-refractivity contribution in [1.82, 2.24) is 10.2 Å². The Morgan fingerprint density at radius 3 is 2.50 bits per heavy atom. The fourth-order valence-corrected chi connectivity index (χ4v) is 2.30. The Kier molecular flexibility index (Phi) is 4.17. The molecule has 10 heteroatoms. The number of amides is 1. The van der Waals surface area contributed by atoms with Gasteiger partial charge in [0.2, 0.25) is 9.47 Å². The van der Waals surface area contributed by atoms with Gasteiger partial charge in [0.25, 0.3) is 5.91 Å². The summed E-state index contributed by atoms with van der Waals surface area (Å²) in [5.41, 5.74) is -1.58. The molecule has 0 bridgehead atoms. The lowest BCUT2D eigenvalue weighted by Gasteiger charge is -2.14. The van der Waals surface area contributed by atoms with Crippen LogP contribution in [-0.4, -0.2) is 16.1 Å². The van der Waals surface area contributed by atoms with Gasteiger partial charge in [0, 0.05) is 0 Å². The number of benzene rings is 1. The summed E-state index contributed by atoms with van der Waals surface area (Å²) in [5, 5.41) is 8.50. The number of hydrogen-bond acceptors (Lipinski definition) is 4. The van der Waals surface area contributed by atoms with Crippen LogP contribution in [0, 0.1) is 0 Å². The summed E-state index contributed by atoms with van der Waals surface area (Å²) in [7, 11) is 0. The van der Waals surface area contributed by atoms with E-state index in [1.807, 2.05) is 0 Å². The maximum absolute atomic E-state index is 12.8. The molecular formula is C10H4Cl2F3N3OS. The zero-order valence-corrected chi connectivity index (χ0v) is 11.7. The molecule has 20 heavy (non-hydrogen) atoms. The zero-order chi connectivity index (χ0) is 14.9. The fraction of sp³-hybridized carbons (Fsp3) is 0.100. The number of alkyl halides is 3. The largest absolute Gasteiger partial charge is 0.418 e. The van der Waals surface area contributed by atoms with E-state index in [0.29, 0.717) is 0 Å². The lowest BCUT2D eigenvalue weighted by atomic mass is 10.1. The summed E-state index contributed by atoms with van der Waals surface area (Å²) < 4.78 is 38.5. The van der Waals surface area contributed by atoms with Gasteiger partial charge in [0.15, 0.2) is 0 Å². The van der Waals surface area contributed by atoms with Crippen LogP contribution in [0.5, 0.6) is 0 Å². The molecule has 0 unspecified atom stereocenters. The summed E-state index contributed by atoms with van der Waals surface area (Å²) in [5.74, 6) is -0.868. The van der Waals surface area contributed by atoms with E-state index in [9.17, 15) is 18.0 Å². The highest BCUT2D eigenvalue weighted by molar-refractivity contribution is 7.17. The number of aromatic nitrogens is 2. The summed E-state index contributed by atoms with van der Waals surface area (Å²) in [6, 6.07) is 3.19. The molecule has 0 fully saturated rings. The van der Waals surface area contributed by atoms with Crippen LogP contribution < -0.4 is 5.32 Å². The summed E-state index contributed by atoms with van der Waals surface area (Å²) in [6.45, 7) is 0. The minimum atomic E-state index is -4.65. The molecule has 0 saturated heterocycles. The second kappa shape index (κ2) is 5.55. The molecule has 2 aromatic rings. The van der Waals surface area contributed by atoms with Gasteiger partial charge < -0.3 is 5.32 Å². The molecule has 0 aliphatic rings. The molecule has 1 aromatic heterocycles. The summed E-state index contributed by atoms with van der Waals surface area (Å²) >= 11 is 11.9. The number of carbonyl (C=O) groups excluding carboxylic acids is 1. The topological polar surface area (TPSA) is 54.9 Å². The SMILES string of the molecule is O=C(Nc1c(Cl)cccc1C(F)(F)F)c1nnc(Cl)s1. The van der Waals surface area contributed by atoms with Crippen molar-refractivity contribution in [2.45, 2.75) is 6.18 Å². The van der Waals surface area contributed by atoms with Gasteiger partial charge in [0.05, 0.1) is 16.3 Å². The first kappa shape index (κ1) is 15.0. The van der Waals surface area contributed by atoms with Crippen molar-refractivity contribution in [1.29, 1.82) is 0 Å². The van der Waals surface area contributed by atoms with E-state index in [2.05, 4.69) is 15.5 Å². The van der Waals surface area contributed by atoms with Gasteiger partial charge in [-0.2, -0.15) is 13.2 Å². The average molecular weight is 342 g/mol. The smallest absolute Gasteiger partial charge is 0.318 e. The number of hydrogen-bond donors (Lipinski definition) is 1. The first-order valence-corrected chi connectivity index (χ1v) is 6.52. The Hall–Kier alpha value is -1.38. The van der Waals surface area contributed by atoms with Gasteiger partial charge in [-0.15, -0.1) is 10.2 Å². The predicted octanol–water partition coefficient (Wildman–Crippen LogP) is 4.12. The average Bonchev–Trinajstić information content (AvgIpc) is 2.77. The third-order valence-corrected chi connectivity index (χ3v) is 3.48. The molecule has 1 aromatic carbocycles. The Morgan fingerprint density at radius 1 is 1.25 bits per heavy atom. The van der Waals surface area contributed by atoms with Crippen LogP contribution in [0.15, 0.2) is 18.2 Å². The van der Waals surface area contributed by atoms with Crippen LogP contribution in [0.25, 0.3) is 0 Å². The maximum Gasteiger partial charge on any atom is 0.418 e. The van der Waals surface area contributed by atoms with Crippen LogP contribution in [-0.2, 0) is 6.18 Å². The van der Waals surface area contributed by atoms with E-state index in [1.165, 1.54) is 6.07 Å². The lowest BCUT2D eigenvalue weighted by Crippen LogP contribution is -2.17. The van der Waals surface area contributed by atoms with Crippen LogP contribution in [0.1, 0.15) is 15.4 Å². The van der Waals surface area contributed by atoms with Crippen molar-refractivity contribution in [2.24, 2.45) is 0 Å². The molecule has 106 valence electrons. The van der Waals surface area contributed by atoms with Crippen molar-refractivity contribution < 1.29 is 18.0 Å². The molecule has 1 amide bonds. The maximum atomic E-state index is 12.8. The van der Waals surface area contributed by atoms with E-state index in [4.69, 9.17) is 23.2 Å². The highest BCUT2D eigenvalue weighted by Crippen LogP contribution is 2.38. The minimum Gasteiger partial charge on any atom is -0.318 e. The normalized spacial score (nSPS) is 11.4. The zero-order valence-electron chi connectivity index (χ0n) is 9.33. The van der Waals surface area contributed by atoms with Gasteiger partial charge in [-0.25, -0.2) is 0 Å². The van der Waals surface area contributed by atoms with Crippen molar-refractivity contribution in [2.75, 3.05) is 5.32 Å². The van der Waals surface area contributed by atoms with E-state index < -0.39 is 23.3 Å². The Morgan fingerprint density at radius 2 is 1.95 bits per heavy atom. The van der Waals surface area contributed by atoms with E-state index in [-0.39, 0.29) is 14.5 Å².